The van der Waals surface area contributed by atoms with Gasteiger partial charge in [0, 0.05) is 18.5 Å². The Hall–Kier alpha value is -1.42. The summed E-state index contributed by atoms with van der Waals surface area (Å²) >= 11 is 5.87. The zero-order chi connectivity index (χ0) is 14.7. The standard InChI is InChI=1S/C16H20ClNO3/c17-9-10-18(12-5-1-2-6-12)16(19)15-11-20-13-7-3-4-8-14(13)21-15/h3-4,7-8,12,15H,1-2,5-6,9-11H2. The number of hydrogen-bond donors (Lipinski definition) is 0. The summed E-state index contributed by atoms with van der Waals surface area (Å²) < 4.78 is 11.5. The molecule has 1 heterocycles. The van der Waals surface area contributed by atoms with Crippen molar-refractivity contribution < 1.29 is 14.3 Å². The molecule has 0 aromatic heterocycles. The number of fused-ring (bicyclic) bond motifs is 1. The molecular formula is C16H20ClNO3. The maximum Gasteiger partial charge on any atom is 0.267 e. The maximum absolute atomic E-state index is 12.7. The molecule has 2 aliphatic rings. The number of halogens is 1. The Labute approximate surface area is 130 Å². The lowest BCUT2D eigenvalue weighted by atomic mass is 10.1. The summed E-state index contributed by atoms with van der Waals surface area (Å²) in [4.78, 5) is 14.6. The highest BCUT2D eigenvalue weighted by atomic mass is 35.5. The normalized spacial score (nSPS) is 21.3. The van der Waals surface area contributed by atoms with E-state index in [0.717, 1.165) is 12.8 Å². The van der Waals surface area contributed by atoms with Crippen molar-refractivity contribution in [3.05, 3.63) is 24.3 Å². The van der Waals surface area contributed by atoms with Gasteiger partial charge in [-0.25, -0.2) is 0 Å². The van der Waals surface area contributed by atoms with E-state index in [0.29, 0.717) is 30.0 Å². The van der Waals surface area contributed by atoms with Crippen molar-refractivity contribution in [2.75, 3.05) is 19.0 Å². The van der Waals surface area contributed by atoms with Crippen LogP contribution in [0.5, 0.6) is 11.5 Å². The van der Waals surface area contributed by atoms with E-state index in [2.05, 4.69) is 0 Å². The van der Waals surface area contributed by atoms with Gasteiger partial charge in [-0.2, -0.15) is 0 Å². The predicted molar refractivity (Wildman–Crippen MR) is 81.0 cm³/mol. The fraction of sp³-hybridized carbons (Fsp3) is 0.562. The van der Waals surface area contributed by atoms with Gasteiger partial charge in [-0.1, -0.05) is 25.0 Å². The minimum Gasteiger partial charge on any atom is -0.485 e. The van der Waals surface area contributed by atoms with Gasteiger partial charge in [-0.05, 0) is 25.0 Å². The van der Waals surface area contributed by atoms with Gasteiger partial charge >= 0.3 is 0 Å². The lowest BCUT2D eigenvalue weighted by molar-refractivity contribution is -0.143. The van der Waals surface area contributed by atoms with Crippen LogP contribution in [0.1, 0.15) is 25.7 Å². The van der Waals surface area contributed by atoms with Crippen molar-refractivity contribution in [1.29, 1.82) is 0 Å². The first-order chi connectivity index (χ1) is 10.3. The van der Waals surface area contributed by atoms with Crippen LogP contribution >= 0.6 is 11.6 Å². The van der Waals surface area contributed by atoms with Crippen LogP contribution in [0.25, 0.3) is 0 Å². The van der Waals surface area contributed by atoms with Gasteiger partial charge in [-0.3, -0.25) is 4.79 Å². The first-order valence-electron chi connectivity index (χ1n) is 7.54. The molecule has 21 heavy (non-hydrogen) atoms. The molecule has 0 spiro atoms. The van der Waals surface area contributed by atoms with E-state index in [1.165, 1.54) is 12.8 Å². The number of amides is 1. The number of carbonyl (C=O) groups excluding carboxylic acids is 1. The maximum atomic E-state index is 12.7. The van der Waals surface area contributed by atoms with Crippen molar-refractivity contribution in [3.8, 4) is 11.5 Å². The van der Waals surface area contributed by atoms with Gasteiger partial charge in [-0.15, -0.1) is 11.6 Å². The molecule has 1 aromatic rings. The third-order valence-corrected chi connectivity index (χ3v) is 4.33. The summed E-state index contributed by atoms with van der Waals surface area (Å²) in [5.41, 5.74) is 0. The monoisotopic (exact) mass is 309 g/mol. The summed E-state index contributed by atoms with van der Waals surface area (Å²) in [6, 6.07) is 7.75. The molecule has 0 N–H and O–H groups in total. The van der Waals surface area contributed by atoms with E-state index in [1.807, 2.05) is 29.2 Å². The number of nitrogens with zero attached hydrogens (tertiary/aromatic N) is 1. The van der Waals surface area contributed by atoms with Crippen LogP contribution in [0.15, 0.2) is 24.3 Å². The molecule has 0 saturated heterocycles. The summed E-state index contributed by atoms with van der Waals surface area (Å²) in [7, 11) is 0. The van der Waals surface area contributed by atoms with E-state index >= 15 is 0 Å². The topological polar surface area (TPSA) is 38.8 Å². The number of para-hydroxylation sites is 2. The van der Waals surface area contributed by atoms with Gasteiger partial charge in [0.2, 0.25) is 6.10 Å². The Morgan fingerprint density at radius 3 is 2.67 bits per heavy atom. The van der Waals surface area contributed by atoms with E-state index in [1.54, 1.807) is 0 Å². The smallest absolute Gasteiger partial charge is 0.267 e. The molecule has 1 aromatic carbocycles. The molecule has 4 nitrogen and oxygen atoms in total. The van der Waals surface area contributed by atoms with Gasteiger partial charge in [0.25, 0.3) is 5.91 Å². The third kappa shape index (κ3) is 3.10. The first kappa shape index (κ1) is 14.5. The predicted octanol–water partition coefficient (Wildman–Crippen LogP) is 2.84. The molecule has 114 valence electrons. The Kier molecular flexibility index (Phi) is 4.54. The van der Waals surface area contributed by atoms with Crippen molar-refractivity contribution in [3.63, 3.8) is 0 Å². The van der Waals surface area contributed by atoms with Gasteiger partial charge < -0.3 is 14.4 Å². The van der Waals surface area contributed by atoms with E-state index in [-0.39, 0.29) is 12.5 Å². The molecule has 3 rings (SSSR count). The summed E-state index contributed by atoms with van der Waals surface area (Å²) in [6.45, 7) is 0.841. The largest absolute Gasteiger partial charge is 0.485 e. The van der Waals surface area contributed by atoms with Crippen LogP contribution in [-0.2, 0) is 4.79 Å². The quantitative estimate of drug-likeness (QED) is 0.803. The van der Waals surface area contributed by atoms with E-state index < -0.39 is 6.10 Å². The minimum atomic E-state index is -0.566. The minimum absolute atomic E-state index is 0.00273. The molecule has 1 unspecified atom stereocenters. The van der Waals surface area contributed by atoms with Crippen LogP contribution in [-0.4, -0.2) is 42.0 Å². The summed E-state index contributed by atoms with van der Waals surface area (Å²) in [5.74, 6) is 1.79. The van der Waals surface area contributed by atoms with Crippen molar-refractivity contribution in [2.24, 2.45) is 0 Å². The molecule has 1 fully saturated rings. The zero-order valence-electron chi connectivity index (χ0n) is 12.0. The summed E-state index contributed by atoms with van der Waals surface area (Å²) in [6.07, 6.45) is 3.92. The molecule has 1 aliphatic carbocycles. The highest BCUT2D eigenvalue weighted by molar-refractivity contribution is 6.18. The Morgan fingerprint density at radius 2 is 1.95 bits per heavy atom. The van der Waals surface area contributed by atoms with Gasteiger partial charge in [0.1, 0.15) is 6.61 Å². The van der Waals surface area contributed by atoms with Crippen molar-refractivity contribution in [2.45, 2.75) is 37.8 Å². The lowest BCUT2D eigenvalue weighted by Gasteiger charge is -2.33. The SMILES string of the molecule is O=C(C1COc2ccccc2O1)N(CCCl)C1CCCC1. The average molecular weight is 310 g/mol. The fourth-order valence-electron chi connectivity index (χ4n) is 3.11. The Bertz CT molecular complexity index is 502. The van der Waals surface area contributed by atoms with E-state index in [4.69, 9.17) is 21.1 Å². The third-order valence-electron chi connectivity index (χ3n) is 4.16. The number of rotatable bonds is 4. The van der Waals surface area contributed by atoms with Crippen LogP contribution in [0.3, 0.4) is 0 Å². The molecule has 5 heteroatoms. The molecule has 1 saturated carbocycles. The van der Waals surface area contributed by atoms with Crippen LogP contribution in [0.4, 0.5) is 0 Å². The summed E-state index contributed by atoms with van der Waals surface area (Å²) in [5, 5.41) is 0. The number of benzene rings is 1. The zero-order valence-corrected chi connectivity index (χ0v) is 12.7. The fourth-order valence-corrected chi connectivity index (χ4v) is 3.29. The van der Waals surface area contributed by atoms with Crippen LogP contribution in [0, 0.1) is 0 Å². The lowest BCUT2D eigenvalue weighted by Crippen LogP contribution is -2.50. The van der Waals surface area contributed by atoms with Gasteiger partial charge in [0.15, 0.2) is 11.5 Å². The highest BCUT2D eigenvalue weighted by Gasteiger charge is 2.34. The van der Waals surface area contributed by atoms with Crippen LogP contribution < -0.4 is 9.47 Å². The van der Waals surface area contributed by atoms with Crippen molar-refractivity contribution in [1.82, 2.24) is 4.90 Å². The number of ether oxygens (including phenoxy) is 2. The Morgan fingerprint density at radius 1 is 1.24 bits per heavy atom. The molecular weight excluding hydrogens is 290 g/mol. The second-order valence-electron chi connectivity index (χ2n) is 5.52. The van der Waals surface area contributed by atoms with Crippen LogP contribution in [0.2, 0.25) is 0 Å². The molecule has 0 radical (unpaired) electrons. The molecule has 1 aliphatic heterocycles. The first-order valence-corrected chi connectivity index (χ1v) is 8.08. The molecule has 1 amide bonds. The molecule has 1 atom stereocenters. The van der Waals surface area contributed by atoms with E-state index in [9.17, 15) is 4.79 Å². The Balaban J connectivity index is 1.71. The number of carbonyl (C=O) groups is 1. The number of alkyl halides is 1. The second-order valence-corrected chi connectivity index (χ2v) is 5.90. The van der Waals surface area contributed by atoms with Gasteiger partial charge in [0.05, 0.1) is 0 Å². The average Bonchev–Trinajstić information content (AvgIpc) is 3.05. The highest BCUT2D eigenvalue weighted by Crippen LogP contribution is 2.32. The van der Waals surface area contributed by atoms with Crippen molar-refractivity contribution >= 4 is 17.5 Å². The number of hydrogen-bond acceptors (Lipinski definition) is 3. The molecule has 0 bridgehead atoms. The second kappa shape index (κ2) is 6.56.